The van der Waals surface area contributed by atoms with Gasteiger partial charge in [0, 0.05) is 17.6 Å². The normalized spacial score (nSPS) is 37.6. The molecule has 0 unspecified atom stereocenters. The minimum absolute atomic E-state index is 0.0919. The van der Waals surface area contributed by atoms with E-state index in [4.69, 9.17) is 14.2 Å². The maximum Gasteiger partial charge on any atom is 0.338 e. The fourth-order valence-electron chi connectivity index (χ4n) is 4.38. The Bertz CT molecular complexity index is 741. The van der Waals surface area contributed by atoms with Gasteiger partial charge in [-0.1, -0.05) is 13.8 Å². The van der Waals surface area contributed by atoms with Crippen LogP contribution in [0.25, 0.3) is 0 Å². The van der Waals surface area contributed by atoms with E-state index in [2.05, 4.69) is 13.8 Å². The molecule has 0 aromatic heterocycles. The van der Waals surface area contributed by atoms with E-state index in [-0.39, 0.29) is 17.4 Å². The first kappa shape index (κ1) is 16.4. The number of hydrogen-bond acceptors (Lipinski definition) is 6. The van der Waals surface area contributed by atoms with Crippen molar-refractivity contribution in [2.75, 3.05) is 0 Å². The third-order valence-electron chi connectivity index (χ3n) is 5.74. The molecule has 134 valence electrons. The molecular weight excluding hydrogens is 324 g/mol. The van der Waals surface area contributed by atoms with Gasteiger partial charge in [-0.2, -0.15) is 0 Å². The molecule has 1 N–H and O–H groups in total. The first-order valence-corrected chi connectivity index (χ1v) is 8.65. The number of ether oxygens (including phenoxy) is 3. The number of hydrogen-bond donors (Lipinski definition) is 1. The zero-order valence-corrected chi connectivity index (χ0v) is 14.6. The van der Waals surface area contributed by atoms with E-state index in [0.717, 1.165) is 24.0 Å². The molecule has 4 atom stereocenters. The quantitative estimate of drug-likeness (QED) is 0.357. The van der Waals surface area contributed by atoms with Crippen molar-refractivity contribution in [3.8, 4) is 0 Å². The summed E-state index contributed by atoms with van der Waals surface area (Å²) in [5.74, 6) is -0.965. The Hall–Kier alpha value is -2.08. The lowest BCUT2D eigenvalue weighted by molar-refractivity contribution is -0.152. The molecule has 0 amide bonds. The second-order valence-corrected chi connectivity index (χ2v) is 7.85. The van der Waals surface area contributed by atoms with E-state index >= 15 is 0 Å². The van der Waals surface area contributed by atoms with Crippen LogP contribution < -0.4 is 0 Å². The van der Waals surface area contributed by atoms with Crippen molar-refractivity contribution < 1.29 is 28.9 Å². The first-order valence-electron chi connectivity index (χ1n) is 8.65. The number of cyclic esters (lactones) is 1. The minimum Gasteiger partial charge on any atom is -0.458 e. The van der Waals surface area contributed by atoms with Crippen LogP contribution in [0, 0.1) is 11.3 Å². The van der Waals surface area contributed by atoms with E-state index in [1.807, 2.05) is 0 Å². The Balaban J connectivity index is 1.57. The Morgan fingerprint density at radius 1 is 1.28 bits per heavy atom. The van der Waals surface area contributed by atoms with Crippen LogP contribution in [0.1, 0.15) is 40.0 Å². The van der Waals surface area contributed by atoms with Gasteiger partial charge in [0.15, 0.2) is 0 Å². The van der Waals surface area contributed by atoms with E-state index in [9.17, 15) is 14.7 Å². The van der Waals surface area contributed by atoms with Crippen LogP contribution in [0.15, 0.2) is 34.6 Å². The van der Waals surface area contributed by atoms with E-state index in [1.165, 1.54) is 6.26 Å². The number of fused-ring (bicyclic) bond motifs is 2. The van der Waals surface area contributed by atoms with Crippen molar-refractivity contribution in [3.63, 3.8) is 0 Å². The van der Waals surface area contributed by atoms with E-state index in [0.29, 0.717) is 17.6 Å². The lowest BCUT2D eigenvalue weighted by atomic mass is 9.71. The molecule has 25 heavy (non-hydrogen) atoms. The summed E-state index contributed by atoms with van der Waals surface area (Å²) in [7, 11) is 0. The van der Waals surface area contributed by atoms with Crippen LogP contribution in [0.5, 0.6) is 0 Å². The number of carbonyl (C=O) groups is 2. The van der Waals surface area contributed by atoms with Crippen molar-refractivity contribution in [3.05, 3.63) is 34.6 Å². The summed E-state index contributed by atoms with van der Waals surface area (Å²) in [6, 6.07) is 0. The monoisotopic (exact) mass is 346 g/mol. The molecule has 0 saturated carbocycles. The van der Waals surface area contributed by atoms with Gasteiger partial charge in [-0.3, -0.25) is 0 Å². The number of aliphatic hydroxyl groups excluding tert-OH is 1. The van der Waals surface area contributed by atoms with E-state index in [1.54, 1.807) is 13.0 Å². The molecule has 4 rings (SSSR count). The maximum atomic E-state index is 12.3. The van der Waals surface area contributed by atoms with Crippen LogP contribution in [-0.2, 0) is 23.8 Å². The van der Waals surface area contributed by atoms with Gasteiger partial charge in [0.05, 0.1) is 17.9 Å². The van der Waals surface area contributed by atoms with Crippen LogP contribution in [0.2, 0.25) is 0 Å². The first-order chi connectivity index (χ1) is 11.8. The van der Waals surface area contributed by atoms with Gasteiger partial charge < -0.3 is 19.3 Å². The minimum atomic E-state index is -0.808. The van der Waals surface area contributed by atoms with Crippen molar-refractivity contribution in [1.29, 1.82) is 0 Å². The molecule has 0 spiro atoms. The number of carbonyl (C=O) groups excluding carboxylic acids is 2. The lowest BCUT2D eigenvalue weighted by Gasteiger charge is -2.36. The zero-order chi connectivity index (χ0) is 17.9. The van der Waals surface area contributed by atoms with Gasteiger partial charge in [0.1, 0.15) is 6.10 Å². The van der Waals surface area contributed by atoms with Gasteiger partial charge in [0.2, 0.25) is 0 Å². The average molecular weight is 346 g/mol. The predicted molar refractivity (Wildman–Crippen MR) is 86.8 cm³/mol. The van der Waals surface area contributed by atoms with Crippen LogP contribution in [-0.4, -0.2) is 35.5 Å². The summed E-state index contributed by atoms with van der Waals surface area (Å²) in [4.78, 5) is 23.7. The molecule has 1 saturated heterocycles. The third kappa shape index (κ3) is 2.51. The molecule has 2 heterocycles. The van der Waals surface area contributed by atoms with Crippen LogP contribution >= 0.6 is 0 Å². The molecule has 6 nitrogen and oxygen atoms in total. The Labute approximate surface area is 146 Å². The SMILES string of the molecule is CC1=C[C@H](O/C=C2/C(=O)O[C@H]3C4=C(C[C@@H]23)[C@@H](O)CCC4(C)C)OC1=O. The molecule has 2 aliphatic heterocycles. The summed E-state index contributed by atoms with van der Waals surface area (Å²) in [5.41, 5.74) is 2.91. The topological polar surface area (TPSA) is 82.1 Å². The largest absolute Gasteiger partial charge is 0.458 e. The highest BCUT2D eigenvalue weighted by atomic mass is 16.7. The fraction of sp³-hybridized carbons (Fsp3) is 0.579. The second kappa shape index (κ2) is 5.46. The standard InChI is InChI=1S/C19H22O6/c1-9-6-14(24-17(9)21)23-8-12-10-7-11-13(20)4-5-19(2,3)15(11)16(10)25-18(12)22/h6,8,10,13-14,16,20H,4-5,7H2,1-3H3/b12-8+/t10-,13-,14+,16+/m0/s1. The van der Waals surface area contributed by atoms with Crippen molar-refractivity contribution in [2.45, 2.75) is 58.5 Å². The molecule has 6 heteroatoms. The van der Waals surface area contributed by atoms with Gasteiger partial charge in [-0.15, -0.1) is 0 Å². The maximum absolute atomic E-state index is 12.3. The zero-order valence-electron chi connectivity index (χ0n) is 14.6. The molecule has 0 bridgehead atoms. The average Bonchev–Trinajstić information content (AvgIpc) is 3.15. The predicted octanol–water partition coefficient (Wildman–Crippen LogP) is 2.14. The molecule has 0 aromatic carbocycles. The third-order valence-corrected chi connectivity index (χ3v) is 5.74. The van der Waals surface area contributed by atoms with Crippen molar-refractivity contribution in [1.82, 2.24) is 0 Å². The van der Waals surface area contributed by atoms with Crippen molar-refractivity contribution >= 4 is 11.9 Å². The fourth-order valence-corrected chi connectivity index (χ4v) is 4.38. The Morgan fingerprint density at radius 2 is 2.04 bits per heavy atom. The van der Waals surface area contributed by atoms with Crippen molar-refractivity contribution in [2.24, 2.45) is 11.3 Å². The second-order valence-electron chi connectivity index (χ2n) is 7.85. The summed E-state index contributed by atoms with van der Waals surface area (Å²) in [6.45, 7) is 5.92. The highest BCUT2D eigenvalue weighted by molar-refractivity contribution is 5.92. The molecule has 0 radical (unpaired) electrons. The highest BCUT2D eigenvalue weighted by Crippen LogP contribution is 2.54. The summed E-state index contributed by atoms with van der Waals surface area (Å²) in [6.07, 6.45) is 3.53. The number of aliphatic hydroxyl groups is 1. The number of esters is 2. The molecular formula is C19H22O6. The Kier molecular flexibility index (Phi) is 3.58. The molecule has 2 aliphatic carbocycles. The van der Waals surface area contributed by atoms with Crippen LogP contribution in [0.4, 0.5) is 0 Å². The van der Waals surface area contributed by atoms with Gasteiger partial charge in [-0.05, 0) is 42.7 Å². The number of rotatable bonds is 2. The molecule has 1 fully saturated rings. The Morgan fingerprint density at radius 3 is 2.72 bits per heavy atom. The summed E-state index contributed by atoms with van der Waals surface area (Å²) in [5, 5.41) is 10.4. The lowest BCUT2D eigenvalue weighted by Crippen LogP contribution is -2.31. The summed E-state index contributed by atoms with van der Waals surface area (Å²) < 4.78 is 16.1. The van der Waals surface area contributed by atoms with Gasteiger partial charge in [-0.25, -0.2) is 9.59 Å². The summed E-state index contributed by atoms with van der Waals surface area (Å²) >= 11 is 0. The van der Waals surface area contributed by atoms with Gasteiger partial charge >= 0.3 is 11.9 Å². The highest BCUT2D eigenvalue weighted by Gasteiger charge is 2.53. The van der Waals surface area contributed by atoms with E-state index < -0.39 is 24.3 Å². The smallest absolute Gasteiger partial charge is 0.338 e. The molecule has 0 aromatic rings. The molecule has 4 aliphatic rings. The van der Waals surface area contributed by atoms with Gasteiger partial charge in [0.25, 0.3) is 6.29 Å². The van der Waals surface area contributed by atoms with Crippen LogP contribution in [0.3, 0.4) is 0 Å².